The van der Waals surface area contributed by atoms with Crippen LogP contribution in [0.4, 0.5) is 0 Å². The van der Waals surface area contributed by atoms with Gasteiger partial charge in [-0.05, 0) is 48.4 Å². The third-order valence-corrected chi connectivity index (χ3v) is 10.7. The van der Waals surface area contributed by atoms with Crippen molar-refractivity contribution in [1.82, 2.24) is 0 Å². The highest BCUT2D eigenvalue weighted by Crippen LogP contribution is 2.59. The van der Waals surface area contributed by atoms with Gasteiger partial charge in [0.2, 0.25) is 0 Å². The average Bonchev–Trinajstić information content (AvgIpc) is 2.89. The molecule has 0 unspecified atom stereocenters. The number of hydrogen-bond acceptors (Lipinski definition) is 0. The molecule has 0 aliphatic rings. The molecule has 160 valence electrons. The summed E-state index contributed by atoms with van der Waals surface area (Å²) in [5, 5.41) is 4.27. The molecule has 0 aliphatic heterocycles. The summed E-state index contributed by atoms with van der Waals surface area (Å²) in [6.07, 6.45) is 0.991. The predicted molar refractivity (Wildman–Crippen MR) is 145 cm³/mol. The van der Waals surface area contributed by atoms with Crippen molar-refractivity contribution in [2.45, 2.75) is 13.1 Å². The zero-order valence-electron chi connectivity index (χ0n) is 18.9. The summed E-state index contributed by atoms with van der Waals surface area (Å²) in [4.78, 5) is 0. The lowest BCUT2D eigenvalue weighted by molar-refractivity contribution is 1.39. The molecule has 1 heteroatoms. The van der Waals surface area contributed by atoms with Crippen LogP contribution in [0.5, 0.6) is 0 Å². The molecule has 5 aromatic carbocycles. The van der Waals surface area contributed by atoms with Crippen molar-refractivity contribution < 1.29 is 0 Å². The van der Waals surface area contributed by atoms with E-state index in [4.69, 9.17) is 0 Å². The normalized spacial score (nSPS) is 11.3. The zero-order valence-corrected chi connectivity index (χ0v) is 19.8. The van der Waals surface area contributed by atoms with Crippen LogP contribution in [0.15, 0.2) is 140 Å². The molecule has 0 saturated carbocycles. The highest BCUT2D eigenvalue weighted by Gasteiger charge is 2.46. The summed E-state index contributed by atoms with van der Waals surface area (Å²) in [6, 6.07) is 51.3. The Balaban J connectivity index is 1.84. The summed E-state index contributed by atoms with van der Waals surface area (Å²) in [5.41, 5.74) is 5.26. The van der Waals surface area contributed by atoms with Crippen molar-refractivity contribution in [3.8, 4) is 11.1 Å². The van der Waals surface area contributed by atoms with Crippen LogP contribution in [-0.4, -0.2) is 0 Å². The molecule has 33 heavy (non-hydrogen) atoms. The average molecular weight is 444 g/mol. The lowest BCUT2D eigenvalue weighted by atomic mass is 10.0. The molecule has 0 fully saturated rings. The third-order valence-electron chi connectivity index (χ3n) is 6.33. The van der Waals surface area contributed by atoms with Gasteiger partial charge in [-0.25, -0.2) is 0 Å². The molecule has 0 aliphatic carbocycles. The first kappa shape index (κ1) is 21.4. The molecule has 0 heterocycles. The Bertz CT molecular complexity index is 1270. The molecule has 0 N–H and O–H groups in total. The highest BCUT2D eigenvalue weighted by atomic mass is 31.2. The van der Waals surface area contributed by atoms with Crippen LogP contribution in [0.25, 0.3) is 11.1 Å². The summed E-state index contributed by atoms with van der Waals surface area (Å²) >= 11 is 0. The fourth-order valence-electron chi connectivity index (χ4n) is 4.70. The highest BCUT2D eigenvalue weighted by molar-refractivity contribution is 7.95. The second kappa shape index (κ2) is 9.57. The number of hydrogen-bond donors (Lipinski definition) is 0. The topological polar surface area (TPSA) is 0 Å². The van der Waals surface area contributed by atoms with Gasteiger partial charge < -0.3 is 0 Å². The maximum atomic E-state index is 2.37. The van der Waals surface area contributed by atoms with Crippen molar-refractivity contribution in [3.05, 3.63) is 151 Å². The SMILES string of the molecule is Cc1ccc(-c2ccccc2[P+](Cc2ccccc2)(c2ccccc2)c2ccccc2)cc1. The van der Waals surface area contributed by atoms with Gasteiger partial charge in [0.05, 0.1) is 6.16 Å². The van der Waals surface area contributed by atoms with Crippen molar-refractivity contribution in [3.63, 3.8) is 0 Å². The van der Waals surface area contributed by atoms with Gasteiger partial charge in [0.15, 0.2) is 0 Å². The summed E-state index contributed by atoms with van der Waals surface area (Å²) in [7, 11) is -1.99. The van der Waals surface area contributed by atoms with Crippen molar-refractivity contribution in [2.75, 3.05) is 0 Å². The minimum atomic E-state index is -1.99. The lowest BCUT2D eigenvalue weighted by Gasteiger charge is -2.29. The van der Waals surface area contributed by atoms with Gasteiger partial charge in [0.25, 0.3) is 0 Å². The Morgan fingerprint density at radius 3 is 1.55 bits per heavy atom. The first-order chi connectivity index (χ1) is 16.3. The van der Waals surface area contributed by atoms with E-state index in [-0.39, 0.29) is 0 Å². The maximum Gasteiger partial charge on any atom is 0.117 e. The molecular weight excluding hydrogens is 415 g/mol. The Morgan fingerprint density at radius 1 is 0.485 bits per heavy atom. The fourth-order valence-corrected chi connectivity index (χ4v) is 9.17. The second-order valence-electron chi connectivity index (χ2n) is 8.51. The van der Waals surface area contributed by atoms with E-state index in [0.717, 1.165) is 6.16 Å². The molecule has 5 rings (SSSR count). The number of benzene rings is 5. The van der Waals surface area contributed by atoms with Crippen LogP contribution in [-0.2, 0) is 6.16 Å². The van der Waals surface area contributed by atoms with Gasteiger partial charge in [-0.3, -0.25) is 0 Å². The van der Waals surface area contributed by atoms with E-state index in [0.29, 0.717) is 0 Å². The van der Waals surface area contributed by atoms with E-state index >= 15 is 0 Å². The van der Waals surface area contributed by atoms with E-state index in [2.05, 4.69) is 146 Å². The minimum absolute atomic E-state index is 0.991. The van der Waals surface area contributed by atoms with E-state index < -0.39 is 7.26 Å². The molecule has 0 saturated heterocycles. The van der Waals surface area contributed by atoms with Gasteiger partial charge >= 0.3 is 0 Å². The molecule has 5 aromatic rings. The first-order valence-corrected chi connectivity index (χ1v) is 13.4. The van der Waals surface area contributed by atoms with Crippen LogP contribution in [0, 0.1) is 6.92 Å². The maximum absolute atomic E-state index is 2.37. The monoisotopic (exact) mass is 443 g/mol. The summed E-state index contributed by atoms with van der Waals surface area (Å²) < 4.78 is 0. The number of aryl methyl sites for hydroxylation is 1. The minimum Gasteiger partial charge on any atom is -0.0622 e. The zero-order chi connectivity index (χ0) is 22.5. The smallest absolute Gasteiger partial charge is 0.0622 e. The van der Waals surface area contributed by atoms with Gasteiger partial charge in [0.1, 0.15) is 23.2 Å². The van der Waals surface area contributed by atoms with Crippen LogP contribution in [0.2, 0.25) is 0 Å². The Hall–Kier alpha value is -3.47. The van der Waals surface area contributed by atoms with Crippen molar-refractivity contribution in [2.24, 2.45) is 0 Å². The molecule has 0 radical (unpaired) electrons. The number of rotatable bonds is 6. The predicted octanol–water partition coefficient (Wildman–Crippen LogP) is 7.16. The van der Waals surface area contributed by atoms with Crippen molar-refractivity contribution in [1.29, 1.82) is 0 Å². The van der Waals surface area contributed by atoms with Crippen LogP contribution < -0.4 is 15.9 Å². The van der Waals surface area contributed by atoms with E-state index in [1.54, 1.807) is 0 Å². The van der Waals surface area contributed by atoms with E-state index in [1.165, 1.54) is 38.2 Å². The molecule has 0 atom stereocenters. The molecule has 0 spiro atoms. The molecule has 0 nitrogen and oxygen atoms in total. The molecule has 0 amide bonds. The quantitative estimate of drug-likeness (QED) is 0.244. The third kappa shape index (κ3) is 4.28. The van der Waals surface area contributed by atoms with Crippen molar-refractivity contribution >= 4 is 23.2 Å². The van der Waals surface area contributed by atoms with Crippen LogP contribution in [0.3, 0.4) is 0 Å². The molecular formula is C32H28P+. The summed E-state index contributed by atoms with van der Waals surface area (Å²) in [6.45, 7) is 2.15. The van der Waals surface area contributed by atoms with Gasteiger partial charge in [-0.2, -0.15) is 0 Å². The standard InChI is InChI=1S/C32H28P/c1-26-21-23-28(24-22-26)31-19-11-12-20-32(31)33(29-15-7-3-8-16-29,30-17-9-4-10-18-30)25-27-13-5-2-6-14-27/h2-24H,25H2,1H3/q+1. The van der Waals surface area contributed by atoms with Gasteiger partial charge in [-0.15, -0.1) is 0 Å². The largest absolute Gasteiger partial charge is 0.117 e. The molecule has 0 bridgehead atoms. The Morgan fingerprint density at radius 2 is 0.970 bits per heavy atom. The molecule has 0 aromatic heterocycles. The Labute approximate surface area is 197 Å². The fraction of sp³-hybridized carbons (Fsp3) is 0.0625. The lowest BCUT2D eigenvalue weighted by Crippen LogP contribution is -2.33. The second-order valence-corrected chi connectivity index (χ2v) is 12.0. The van der Waals surface area contributed by atoms with E-state index in [1.807, 2.05) is 0 Å². The van der Waals surface area contributed by atoms with Crippen LogP contribution >= 0.6 is 7.26 Å². The van der Waals surface area contributed by atoms with E-state index in [9.17, 15) is 0 Å². The first-order valence-electron chi connectivity index (χ1n) is 11.5. The van der Waals surface area contributed by atoms with Crippen LogP contribution in [0.1, 0.15) is 11.1 Å². The van der Waals surface area contributed by atoms with Gasteiger partial charge in [-0.1, -0.05) is 115 Å². The van der Waals surface area contributed by atoms with Gasteiger partial charge in [0, 0.05) is 5.56 Å². The summed E-state index contributed by atoms with van der Waals surface area (Å²) in [5.74, 6) is 0. The Kier molecular flexibility index (Phi) is 6.20.